The molecular formula is C10H17NO2. The predicted molar refractivity (Wildman–Crippen MR) is 51.6 cm³/mol. The molecule has 1 aliphatic rings. The van der Waals surface area contributed by atoms with Crippen molar-refractivity contribution in [1.82, 2.24) is 4.90 Å². The van der Waals surface area contributed by atoms with E-state index in [2.05, 4.69) is 11.0 Å². The summed E-state index contributed by atoms with van der Waals surface area (Å²) < 4.78 is 0. The van der Waals surface area contributed by atoms with Gasteiger partial charge in [-0.2, -0.15) is 0 Å². The van der Waals surface area contributed by atoms with Crippen LogP contribution in [0, 0.1) is 5.41 Å². The number of carbonyl (C=O) groups is 1. The van der Waals surface area contributed by atoms with Gasteiger partial charge in [0, 0.05) is 13.1 Å². The van der Waals surface area contributed by atoms with Gasteiger partial charge in [-0.15, -0.1) is 0 Å². The van der Waals surface area contributed by atoms with Gasteiger partial charge in [0.1, 0.15) is 0 Å². The summed E-state index contributed by atoms with van der Waals surface area (Å²) in [6.07, 6.45) is 4.82. The second kappa shape index (κ2) is 3.92. The Morgan fingerprint density at radius 3 is 2.85 bits per heavy atom. The summed E-state index contributed by atoms with van der Waals surface area (Å²) in [5.41, 5.74) is -0.526. The number of aliphatic carboxylic acids is 1. The average molecular weight is 183 g/mol. The number of hydrogen-bond acceptors (Lipinski definition) is 2. The largest absolute Gasteiger partial charge is 0.481 e. The lowest BCUT2D eigenvalue weighted by molar-refractivity contribution is -0.147. The van der Waals surface area contributed by atoms with Gasteiger partial charge in [-0.05, 0) is 26.8 Å². The van der Waals surface area contributed by atoms with E-state index in [0.29, 0.717) is 6.54 Å². The molecule has 1 N–H and O–H groups in total. The van der Waals surface area contributed by atoms with Crippen molar-refractivity contribution in [3.8, 4) is 0 Å². The molecule has 1 unspecified atom stereocenters. The smallest absolute Gasteiger partial charge is 0.310 e. The number of carboxylic acids is 1. The monoisotopic (exact) mass is 183 g/mol. The molecule has 3 nitrogen and oxygen atoms in total. The van der Waals surface area contributed by atoms with Gasteiger partial charge >= 0.3 is 5.97 Å². The van der Waals surface area contributed by atoms with E-state index in [1.54, 1.807) is 0 Å². The fraction of sp³-hybridized carbons (Fsp3) is 0.700. The molecular weight excluding hydrogens is 166 g/mol. The Labute approximate surface area is 79.0 Å². The third-order valence-corrected chi connectivity index (χ3v) is 2.67. The third kappa shape index (κ3) is 2.31. The maximum Gasteiger partial charge on any atom is 0.310 e. The second-order valence-electron chi connectivity index (χ2n) is 3.92. The summed E-state index contributed by atoms with van der Waals surface area (Å²) in [4.78, 5) is 13.1. The quantitative estimate of drug-likeness (QED) is 0.672. The van der Waals surface area contributed by atoms with E-state index >= 15 is 0 Å². The Morgan fingerprint density at radius 2 is 2.38 bits per heavy atom. The van der Waals surface area contributed by atoms with Crippen molar-refractivity contribution in [3.63, 3.8) is 0 Å². The molecule has 1 fully saturated rings. The zero-order valence-corrected chi connectivity index (χ0v) is 8.29. The van der Waals surface area contributed by atoms with E-state index in [1.807, 2.05) is 19.9 Å². The molecule has 1 aliphatic heterocycles. The molecule has 1 saturated heterocycles. The van der Waals surface area contributed by atoms with Crippen LogP contribution in [0.2, 0.25) is 0 Å². The fourth-order valence-corrected chi connectivity index (χ4v) is 1.64. The van der Waals surface area contributed by atoms with Crippen molar-refractivity contribution < 1.29 is 9.90 Å². The van der Waals surface area contributed by atoms with Gasteiger partial charge in [0.05, 0.1) is 5.41 Å². The van der Waals surface area contributed by atoms with Crippen molar-refractivity contribution in [1.29, 1.82) is 0 Å². The fourth-order valence-electron chi connectivity index (χ4n) is 1.64. The van der Waals surface area contributed by atoms with Crippen molar-refractivity contribution in [2.75, 3.05) is 19.6 Å². The van der Waals surface area contributed by atoms with Crippen LogP contribution in [0.25, 0.3) is 0 Å². The molecule has 1 heterocycles. The van der Waals surface area contributed by atoms with E-state index in [4.69, 9.17) is 5.11 Å². The van der Waals surface area contributed by atoms with E-state index < -0.39 is 11.4 Å². The number of allylic oxidation sites excluding steroid dienone is 1. The first-order valence-corrected chi connectivity index (χ1v) is 4.65. The number of likely N-dealkylation sites (tertiary alicyclic amines) is 1. The molecule has 1 rings (SSSR count). The Morgan fingerprint density at radius 1 is 1.69 bits per heavy atom. The van der Waals surface area contributed by atoms with Crippen LogP contribution in [0.15, 0.2) is 12.2 Å². The predicted octanol–water partition coefficient (Wildman–Crippen LogP) is 1.36. The van der Waals surface area contributed by atoms with Gasteiger partial charge in [-0.3, -0.25) is 9.69 Å². The zero-order chi connectivity index (χ0) is 9.90. The normalized spacial score (nSPS) is 30.0. The van der Waals surface area contributed by atoms with Crippen LogP contribution in [0.1, 0.15) is 20.3 Å². The van der Waals surface area contributed by atoms with Gasteiger partial charge in [0.2, 0.25) is 0 Å². The summed E-state index contributed by atoms with van der Waals surface area (Å²) in [5.74, 6) is -0.671. The molecule has 3 heteroatoms. The molecule has 0 aromatic carbocycles. The summed E-state index contributed by atoms with van der Waals surface area (Å²) in [6, 6.07) is 0. The highest BCUT2D eigenvalue weighted by Gasteiger charge is 2.39. The molecule has 0 spiro atoms. The SMILES string of the molecule is C/C=C/CN1CCC(C)(C(=O)O)C1. The van der Waals surface area contributed by atoms with Gasteiger partial charge in [0.15, 0.2) is 0 Å². The standard InChI is InChI=1S/C10H17NO2/c1-3-4-6-11-7-5-10(2,8-11)9(12)13/h3-4H,5-8H2,1-2H3,(H,12,13)/b4-3+. The minimum atomic E-state index is -0.671. The van der Waals surface area contributed by atoms with Gasteiger partial charge < -0.3 is 5.11 Å². The van der Waals surface area contributed by atoms with Crippen molar-refractivity contribution in [2.45, 2.75) is 20.3 Å². The molecule has 74 valence electrons. The lowest BCUT2D eigenvalue weighted by Crippen LogP contribution is -2.31. The molecule has 0 amide bonds. The lowest BCUT2D eigenvalue weighted by atomic mass is 9.90. The summed E-state index contributed by atoms with van der Waals surface area (Å²) in [7, 11) is 0. The highest BCUT2D eigenvalue weighted by atomic mass is 16.4. The average Bonchev–Trinajstić information content (AvgIpc) is 2.45. The Kier molecular flexibility index (Phi) is 3.09. The number of rotatable bonds is 3. The number of hydrogen-bond donors (Lipinski definition) is 1. The lowest BCUT2D eigenvalue weighted by Gasteiger charge is -2.18. The van der Waals surface area contributed by atoms with Gasteiger partial charge in [-0.25, -0.2) is 0 Å². The van der Waals surface area contributed by atoms with E-state index in [9.17, 15) is 4.79 Å². The number of nitrogens with zero attached hydrogens (tertiary/aromatic N) is 1. The van der Waals surface area contributed by atoms with Gasteiger partial charge in [0.25, 0.3) is 0 Å². The van der Waals surface area contributed by atoms with Crippen LogP contribution in [0.5, 0.6) is 0 Å². The third-order valence-electron chi connectivity index (χ3n) is 2.67. The molecule has 13 heavy (non-hydrogen) atoms. The molecule has 0 saturated carbocycles. The first-order valence-electron chi connectivity index (χ1n) is 4.65. The van der Waals surface area contributed by atoms with Crippen molar-refractivity contribution >= 4 is 5.97 Å². The molecule has 0 bridgehead atoms. The van der Waals surface area contributed by atoms with Crippen LogP contribution >= 0.6 is 0 Å². The Hall–Kier alpha value is -0.830. The van der Waals surface area contributed by atoms with Crippen LogP contribution in [0.4, 0.5) is 0 Å². The van der Waals surface area contributed by atoms with E-state index in [0.717, 1.165) is 19.5 Å². The maximum absolute atomic E-state index is 10.9. The van der Waals surface area contributed by atoms with Crippen LogP contribution in [-0.2, 0) is 4.79 Å². The summed E-state index contributed by atoms with van der Waals surface area (Å²) in [5, 5.41) is 8.97. The highest BCUT2D eigenvalue weighted by Crippen LogP contribution is 2.29. The van der Waals surface area contributed by atoms with Crippen molar-refractivity contribution in [2.24, 2.45) is 5.41 Å². The highest BCUT2D eigenvalue weighted by molar-refractivity contribution is 5.74. The molecule has 0 aromatic heterocycles. The second-order valence-corrected chi connectivity index (χ2v) is 3.92. The van der Waals surface area contributed by atoms with Crippen LogP contribution < -0.4 is 0 Å². The Balaban J connectivity index is 2.48. The summed E-state index contributed by atoms with van der Waals surface area (Å²) >= 11 is 0. The van der Waals surface area contributed by atoms with E-state index in [1.165, 1.54) is 0 Å². The summed E-state index contributed by atoms with van der Waals surface area (Å²) in [6.45, 7) is 6.25. The van der Waals surface area contributed by atoms with Crippen molar-refractivity contribution in [3.05, 3.63) is 12.2 Å². The molecule has 1 atom stereocenters. The van der Waals surface area contributed by atoms with Crippen LogP contribution in [-0.4, -0.2) is 35.6 Å². The molecule has 0 aromatic rings. The Bertz CT molecular complexity index is 225. The minimum absolute atomic E-state index is 0.526. The number of carboxylic acid groups (broad SMARTS) is 1. The van der Waals surface area contributed by atoms with E-state index in [-0.39, 0.29) is 0 Å². The minimum Gasteiger partial charge on any atom is -0.481 e. The van der Waals surface area contributed by atoms with Gasteiger partial charge in [-0.1, -0.05) is 12.2 Å². The topological polar surface area (TPSA) is 40.5 Å². The molecule has 0 radical (unpaired) electrons. The van der Waals surface area contributed by atoms with Crippen LogP contribution in [0.3, 0.4) is 0 Å². The zero-order valence-electron chi connectivity index (χ0n) is 8.29. The first kappa shape index (κ1) is 10.3. The first-order chi connectivity index (χ1) is 6.08. The molecule has 0 aliphatic carbocycles. The maximum atomic E-state index is 10.9.